The molecule has 0 fully saturated rings. The topological polar surface area (TPSA) is 0 Å². The van der Waals surface area contributed by atoms with Crippen LogP contribution in [-0.2, 0) is 0 Å². The highest BCUT2D eigenvalue weighted by atomic mass is 28.3. The summed E-state index contributed by atoms with van der Waals surface area (Å²) in [5.41, 5.74) is 13.0. The summed E-state index contributed by atoms with van der Waals surface area (Å²) in [6, 6.07) is 72.7. The second-order valence-corrected chi connectivity index (χ2v) is 20.0. The second-order valence-electron chi connectivity index (χ2n) is 15.7. The van der Waals surface area contributed by atoms with E-state index >= 15 is 0 Å². The quantitative estimate of drug-likeness (QED) is 0.126. The number of hydrogen-bond donors (Lipinski definition) is 0. The normalized spacial score (nSPS) is 13.1. The predicted octanol–water partition coefficient (Wildman–Crippen LogP) is 13.8. The Bertz CT molecular complexity index is 3170. The molecule has 1 heteroatoms. The van der Waals surface area contributed by atoms with Crippen LogP contribution in [0.3, 0.4) is 0 Å². The third-order valence-corrected chi connectivity index (χ3v) is 15.7. The van der Waals surface area contributed by atoms with Crippen LogP contribution < -0.4 is 10.4 Å². The third-order valence-electron chi connectivity index (χ3n) is 12.2. The molecule has 0 bridgehead atoms. The van der Waals surface area contributed by atoms with Crippen LogP contribution in [0.4, 0.5) is 0 Å². The minimum atomic E-state index is -2.11. The Morgan fingerprint density at radius 1 is 0.273 bits per heavy atom. The van der Waals surface area contributed by atoms with Crippen molar-refractivity contribution in [2.24, 2.45) is 0 Å². The summed E-state index contributed by atoms with van der Waals surface area (Å²) in [7, 11) is -2.11. The van der Waals surface area contributed by atoms with Gasteiger partial charge >= 0.3 is 0 Å². The standard InChI is InChI=1S/C54H38Si/c1-55(2)51-32-42(41-20-12-19-40(29-41)35-13-4-3-5-14-35)27-28-45(51)48-33-49-50(34-52(48)55)54(44-26-24-37-16-7-9-18-39(37)31-44)47-22-11-10-21-46(47)53(49)43-25-23-36-15-6-8-17-38(36)30-43/h3-34H,1-2H3. The molecule has 0 radical (unpaired) electrons. The van der Waals surface area contributed by atoms with Gasteiger partial charge in [-0.05, 0) is 133 Å². The van der Waals surface area contributed by atoms with Gasteiger partial charge in [-0.2, -0.15) is 0 Å². The highest BCUT2D eigenvalue weighted by Gasteiger charge is 2.38. The van der Waals surface area contributed by atoms with Gasteiger partial charge in [0.2, 0.25) is 0 Å². The van der Waals surface area contributed by atoms with Gasteiger partial charge in [0.25, 0.3) is 0 Å². The molecule has 1 aliphatic heterocycles. The maximum Gasteiger partial charge on any atom is 0.113 e. The molecule has 258 valence electrons. The fraction of sp³-hybridized carbons (Fsp3) is 0.0370. The zero-order chi connectivity index (χ0) is 36.7. The van der Waals surface area contributed by atoms with Crippen molar-refractivity contribution in [3.63, 3.8) is 0 Å². The summed E-state index contributed by atoms with van der Waals surface area (Å²) >= 11 is 0. The van der Waals surface area contributed by atoms with E-state index in [0.29, 0.717) is 0 Å². The lowest BCUT2D eigenvalue weighted by atomic mass is 9.84. The maximum absolute atomic E-state index is 2.61. The molecule has 0 atom stereocenters. The Morgan fingerprint density at radius 3 is 1.38 bits per heavy atom. The van der Waals surface area contributed by atoms with E-state index in [1.54, 1.807) is 0 Å². The fourth-order valence-electron chi connectivity index (χ4n) is 9.40. The van der Waals surface area contributed by atoms with Gasteiger partial charge in [0.1, 0.15) is 8.07 Å². The number of fused-ring (bicyclic) bond motifs is 7. The first kappa shape index (κ1) is 31.9. The van der Waals surface area contributed by atoms with Gasteiger partial charge in [0, 0.05) is 0 Å². The summed E-state index contributed by atoms with van der Waals surface area (Å²) in [4.78, 5) is 0. The van der Waals surface area contributed by atoms with Crippen LogP contribution in [0.1, 0.15) is 0 Å². The minimum Gasteiger partial charge on any atom is -0.0622 e. The molecule has 0 unspecified atom stereocenters. The van der Waals surface area contributed by atoms with E-state index in [2.05, 4.69) is 207 Å². The Labute approximate surface area is 323 Å². The van der Waals surface area contributed by atoms with E-state index in [1.165, 1.54) is 109 Å². The van der Waals surface area contributed by atoms with E-state index in [9.17, 15) is 0 Å². The zero-order valence-corrected chi connectivity index (χ0v) is 32.0. The lowest BCUT2D eigenvalue weighted by molar-refractivity contribution is 1.59. The van der Waals surface area contributed by atoms with Gasteiger partial charge in [-0.3, -0.25) is 0 Å². The van der Waals surface area contributed by atoms with Crippen molar-refractivity contribution in [1.29, 1.82) is 0 Å². The molecule has 0 saturated carbocycles. The van der Waals surface area contributed by atoms with Crippen molar-refractivity contribution < 1.29 is 0 Å². The molecule has 0 nitrogen and oxygen atoms in total. The molecule has 0 saturated heterocycles. The van der Waals surface area contributed by atoms with Crippen molar-refractivity contribution in [2.75, 3.05) is 0 Å². The first-order valence-electron chi connectivity index (χ1n) is 19.3. The van der Waals surface area contributed by atoms with Crippen LogP contribution in [0.2, 0.25) is 13.1 Å². The van der Waals surface area contributed by atoms with Gasteiger partial charge in [0.15, 0.2) is 0 Å². The monoisotopic (exact) mass is 714 g/mol. The van der Waals surface area contributed by atoms with Gasteiger partial charge in [-0.25, -0.2) is 0 Å². The van der Waals surface area contributed by atoms with E-state index in [-0.39, 0.29) is 0 Å². The summed E-state index contributed by atoms with van der Waals surface area (Å²) in [6.45, 7) is 5.10. The van der Waals surface area contributed by atoms with Gasteiger partial charge in [0.05, 0.1) is 0 Å². The Hall–Kier alpha value is -6.54. The largest absolute Gasteiger partial charge is 0.113 e. The Morgan fingerprint density at radius 2 is 0.745 bits per heavy atom. The Kier molecular flexibility index (Phi) is 7.11. The molecule has 1 aliphatic rings. The van der Waals surface area contributed by atoms with E-state index in [1.807, 2.05) is 0 Å². The lowest BCUT2D eigenvalue weighted by Gasteiger charge is -2.23. The van der Waals surface area contributed by atoms with Crippen LogP contribution in [0.5, 0.6) is 0 Å². The summed E-state index contributed by atoms with van der Waals surface area (Å²) in [6.07, 6.45) is 0. The number of benzene rings is 10. The van der Waals surface area contributed by atoms with Crippen molar-refractivity contribution in [2.45, 2.75) is 13.1 Å². The lowest BCUT2D eigenvalue weighted by Crippen LogP contribution is -2.49. The highest BCUT2D eigenvalue weighted by molar-refractivity contribution is 7.04. The molecule has 0 aromatic heterocycles. The van der Waals surface area contributed by atoms with Crippen LogP contribution in [-0.4, -0.2) is 8.07 Å². The van der Waals surface area contributed by atoms with E-state index in [4.69, 9.17) is 0 Å². The van der Waals surface area contributed by atoms with Gasteiger partial charge in [-0.15, -0.1) is 0 Å². The summed E-state index contributed by atoms with van der Waals surface area (Å²) in [5, 5.41) is 13.3. The molecule has 0 amide bonds. The molecule has 10 aromatic rings. The van der Waals surface area contributed by atoms with Crippen molar-refractivity contribution >= 4 is 61.5 Å². The van der Waals surface area contributed by atoms with Gasteiger partial charge in [-0.1, -0.05) is 183 Å². The van der Waals surface area contributed by atoms with Gasteiger partial charge < -0.3 is 0 Å². The second kappa shape index (κ2) is 12.2. The Balaban J connectivity index is 1.18. The highest BCUT2D eigenvalue weighted by Crippen LogP contribution is 2.46. The fourth-order valence-corrected chi connectivity index (χ4v) is 12.5. The maximum atomic E-state index is 2.61. The molecule has 11 rings (SSSR count). The molecule has 55 heavy (non-hydrogen) atoms. The third kappa shape index (κ3) is 5.04. The minimum absolute atomic E-state index is 1.25. The molecular weight excluding hydrogens is 677 g/mol. The molecule has 1 heterocycles. The average Bonchev–Trinajstić information content (AvgIpc) is 3.46. The van der Waals surface area contributed by atoms with Crippen molar-refractivity contribution in [3.05, 3.63) is 194 Å². The molecule has 0 N–H and O–H groups in total. The SMILES string of the molecule is C[Si]1(C)c2cc(-c3cccc(-c4ccccc4)c3)ccc2-c2cc3c(-c4ccc5ccccc5c4)c4ccccc4c(-c4ccc5ccccc5c4)c3cc21. The molecule has 0 spiro atoms. The zero-order valence-electron chi connectivity index (χ0n) is 31.0. The van der Waals surface area contributed by atoms with E-state index in [0.717, 1.165) is 0 Å². The first-order chi connectivity index (χ1) is 27.0. The molecule has 0 aliphatic carbocycles. The molecule has 10 aromatic carbocycles. The van der Waals surface area contributed by atoms with Crippen molar-refractivity contribution in [3.8, 4) is 55.6 Å². The predicted molar refractivity (Wildman–Crippen MR) is 240 cm³/mol. The molecular formula is C54H38Si. The van der Waals surface area contributed by atoms with Crippen LogP contribution in [0.25, 0.3) is 98.7 Å². The summed E-state index contributed by atoms with van der Waals surface area (Å²) < 4.78 is 0. The van der Waals surface area contributed by atoms with Crippen LogP contribution in [0, 0.1) is 0 Å². The van der Waals surface area contributed by atoms with E-state index < -0.39 is 8.07 Å². The smallest absolute Gasteiger partial charge is 0.0622 e. The number of hydrogen-bond acceptors (Lipinski definition) is 0. The van der Waals surface area contributed by atoms with Crippen LogP contribution in [0.15, 0.2) is 194 Å². The number of rotatable bonds is 4. The summed E-state index contributed by atoms with van der Waals surface area (Å²) in [5.74, 6) is 0. The van der Waals surface area contributed by atoms with Crippen molar-refractivity contribution in [1.82, 2.24) is 0 Å². The average molecular weight is 715 g/mol. The van der Waals surface area contributed by atoms with Crippen LogP contribution >= 0.6 is 0 Å². The first-order valence-corrected chi connectivity index (χ1v) is 22.3.